The van der Waals surface area contributed by atoms with Crippen molar-refractivity contribution in [3.8, 4) is 0 Å². The SMILES string of the molecule is CCOC(=O)c1c(C)[nH]c(C(=O)OCC(=O)NC2CCCCC2)c1C. The van der Waals surface area contributed by atoms with Crippen molar-refractivity contribution in [1.29, 1.82) is 0 Å². The van der Waals surface area contributed by atoms with Gasteiger partial charge >= 0.3 is 11.9 Å². The Balaban J connectivity index is 1.93. The largest absolute Gasteiger partial charge is 0.462 e. The van der Waals surface area contributed by atoms with Crippen LogP contribution in [0.5, 0.6) is 0 Å². The molecule has 1 aromatic heterocycles. The molecule has 1 aromatic rings. The summed E-state index contributed by atoms with van der Waals surface area (Å²) in [5.41, 5.74) is 1.51. The molecule has 0 aromatic carbocycles. The number of nitrogens with one attached hydrogen (secondary N) is 2. The van der Waals surface area contributed by atoms with Crippen LogP contribution in [0.15, 0.2) is 0 Å². The predicted molar refractivity (Wildman–Crippen MR) is 91.5 cm³/mol. The molecule has 0 bridgehead atoms. The van der Waals surface area contributed by atoms with Crippen molar-refractivity contribution in [2.24, 2.45) is 0 Å². The Morgan fingerprint density at radius 1 is 1.08 bits per heavy atom. The highest BCUT2D eigenvalue weighted by Crippen LogP contribution is 2.20. The van der Waals surface area contributed by atoms with Crippen LogP contribution >= 0.6 is 0 Å². The van der Waals surface area contributed by atoms with Crippen molar-refractivity contribution in [1.82, 2.24) is 10.3 Å². The number of ether oxygens (including phenoxy) is 2. The van der Waals surface area contributed by atoms with E-state index in [1.54, 1.807) is 20.8 Å². The Kier molecular flexibility index (Phi) is 6.61. The summed E-state index contributed by atoms with van der Waals surface area (Å²) in [5.74, 6) is -1.44. The van der Waals surface area contributed by atoms with E-state index in [4.69, 9.17) is 9.47 Å². The number of amides is 1. The summed E-state index contributed by atoms with van der Waals surface area (Å²) >= 11 is 0. The molecule has 2 N–H and O–H groups in total. The smallest absolute Gasteiger partial charge is 0.355 e. The fourth-order valence-electron chi connectivity index (χ4n) is 3.18. The van der Waals surface area contributed by atoms with E-state index in [1.165, 1.54) is 6.42 Å². The molecule has 138 valence electrons. The molecule has 0 saturated heterocycles. The van der Waals surface area contributed by atoms with Crippen LogP contribution in [-0.2, 0) is 14.3 Å². The van der Waals surface area contributed by atoms with E-state index in [0.717, 1.165) is 25.7 Å². The molecule has 0 unspecified atom stereocenters. The predicted octanol–water partition coefficient (Wildman–Crippen LogP) is 2.41. The van der Waals surface area contributed by atoms with Gasteiger partial charge in [-0.1, -0.05) is 19.3 Å². The number of esters is 2. The molecule has 1 saturated carbocycles. The van der Waals surface area contributed by atoms with Crippen LogP contribution in [0.3, 0.4) is 0 Å². The van der Waals surface area contributed by atoms with Crippen LogP contribution in [0.4, 0.5) is 0 Å². The van der Waals surface area contributed by atoms with E-state index < -0.39 is 11.9 Å². The van der Waals surface area contributed by atoms with Crippen LogP contribution in [0.1, 0.15) is 71.1 Å². The quantitative estimate of drug-likeness (QED) is 0.768. The lowest BCUT2D eigenvalue weighted by atomic mass is 9.95. The number of aromatic amines is 1. The normalized spacial score (nSPS) is 14.8. The first-order chi connectivity index (χ1) is 11.9. The molecule has 1 heterocycles. The molecule has 1 fully saturated rings. The zero-order valence-electron chi connectivity index (χ0n) is 15.1. The Morgan fingerprint density at radius 3 is 2.40 bits per heavy atom. The van der Waals surface area contributed by atoms with Crippen LogP contribution in [0, 0.1) is 13.8 Å². The van der Waals surface area contributed by atoms with Crippen molar-refractivity contribution in [2.45, 2.75) is 58.9 Å². The number of aryl methyl sites for hydroxylation is 1. The summed E-state index contributed by atoms with van der Waals surface area (Å²) in [6, 6.07) is 0.171. The highest BCUT2D eigenvalue weighted by molar-refractivity contribution is 5.99. The Labute approximate surface area is 147 Å². The average molecular weight is 350 g/mol. The summed E-state index contributed by atoms with van der Waals surface area (Å²) in [4.78, 5) is 38.9. The molecule has 0 atom stereocenters. The molecule has 2 rings (SSSR count). The molecule has 0 aliphatic heterocycles. The third-order valence-corrected chi connectivity index (χ3v) is 4.43. The number of hydrogen-bond acceptors (Lipinski definition) is 5. The monoisotopic (exact) mass is 350 g/mol. The molecular formula is C18H26N2O5. The third-order valence-electron chi connectivity index (χ3n) is 4.43. The van der Waals surface area contributed by atoms with E-state index in [2.05, 4.69) is 10.3 Å². The number of rotatable bonds is 6. The summed E-state index contributed by atoms with van der Waals surface area (Å²) in [5, 5.41) is 2.89. The fraction of sp³-hybridized carbons (Fsp3) is 0.611. The van der Waals surface area contributed by atoms with Gasteiger partial charge < -0.3 is 19.8 Å². The van der Waals surface area contributed by atoms with Gasteiger partial charge in [0, 0.05) is 11.7 Å². The minimum Gasteiger partial charge on any atom is -0.462 e. The van der Waals surface area contributed by atoms with Gasteiger partial charge in [-0.3, -0.25) is 4.79 Å². The van der Waals surface area contributed by atoms with E-state index in [1.807, 2.05) is 0 Å². The van der Waals surface area contributed by atoms with Gasteiger partial charge in [-0.25, -0.2) is 9.59 Å². The van der Waals surface area contributed by atoms with Crippen molar-refractivity contribution in [2.75, 3.05) is 13.2 Å². The van der Waals surface area contributed by atoms with Gasteiger partial charge in [-0.15, -0.1) is 0 Å². The van der Waals surface area contributed by atoms with Crippen molar-refractivity contribution in [3.63, 3.8) is 0 Å². The van der Waals surface area contributed by atoms with Gasteiger partial charge in [0.25, 0.3) is 5.91 Å². The molecule has 7 nitrogen and oxygen atoms in total. The first-order valence-corrected chi connectivity index (χ1v) is 8.76. The van der Waals surface area contributed by atoms with Gasteiger partial charge in [0.15, 0.2) is 6.61 Å². The van der Waals surface area contributed by atoms with E-state index in [-0.39, 0.29) is 30.9 Å². The second kappa shape index (κ2) is 8.69. The minimum atomic E-state index is -0.657. The van der Waals surface area contributed by atoms with E-state index >= 15 is 0 Å². The van der Waals surface area contributed by atoms with Crippen molar-refractivity contribution in [3.05, 3.63) is 22.5 Å². The maximum absolute atomic E-state index is 12.2. The first-order valence-electron chi connectivity index (χ1n) is 8.76. The standard InChI is InChI=1S/C18H26N2O5/c1-4-24-17(22)15-11(2)16(19-12(15)3)18(23)25-10-14(21)20-13-8-6-5-7-9-13/h13,19H,4-10H2,1-3H3,(H,20,21). The summed E-state index contributed by atoms with van der Waals surface area (Å²) in [6.07, 6.45) is 5.37. The average Bonchev–Trinajstić information content (AvgIpc) is 2.88. The van der Waals surface area contributed by atoms with Gasteiger partial charge in [0.1, 0.15) is 5.69 Å². The van der Waals surface area contributed by atoms with Gasteiger partial charge in [0.05, 0.1) is 12.2 Å². The van der Waals surface area contributed by atoms with Gasteiger partial charge in [-0.2, -0.15) is 0 Å². The van der Waals surface area contributed by atoms with Gasteiger partial charge in [-0.05, 0) is 39.2 Å². The minimum absolute atomic E-state index is 0.171. The molecule has 1 amide bonds. The third kappa shape index (κ3) is 4.84. The van der Waals surface area contributed by atoms with E-state index in [9.17, 15) is 14.4 Å². The number of H-pyrrole nitrogens is 1. The summed E-state index contributed by atoms with van der Waals surface area (Å²) in [7, 11) is 0. The molecule has 1 aliphatic rings. The Morgan fingerprint density at radius 2 is 1.76 bits per heavy atom. The number of carbonyl (C=O) groups is 3. The first kappa shape index (κ1) is 19.0. The lowest BCUT2D eigenvalue weighted by Crippen LogP contribution is -2.38. The molecule has 25 heavy (non-hydrogen) atoms. The van der Waals surface area contributed by atoms with Crippen LogP contribution in [0.25, 0.3) is 0 Å². The van der Waals surface area contributed by atoms with E-state index in [0.29, 0.717) is 16.8 Å². The molecule has 0 radical (unpaired) electrons. The maximum atomic E-state index is 12.2. The summed E-state index contributed by atoms with van der Waals surface area (Å²) in [6.45, 7) is 4.97. The second-order valence-electron chi connectivity index (χ2n) is 6.32. The highest BCUT2D eigenvalue weighted by atomic mass is 16.5. The number of aromatic nitrogens is 1. The fourth-order valence-corrected chi connectivity index (χ4v) is 3.18. The molecule has 0 spiro atoms. The maximum Gasteiger partial charge on any atom is 0.355 e. The lowest BCUT2D eigenvalue weighted by Gasteiger charge is -2.22. The zero-order valence-corrected chi connectivity index (χ0v) is 15.1. The van der Waals surface area contributed by atoms with Gasteiger partial charge in [0.2, 0.25) is 0 Å². The van der Waals surface area contributed by atoms with Crippen LogP contribution < -0.4 is 5.32 Å². The molecule has 7 heteroatoms. The molecule has 1 aliphatic carbocycles. The lowest BCUT2D eigenvalue weighted by molar-refractivity contribution is -0.125. The zero-order chi connectivity index (χ0) is 18.4. The van der Waals surface area contributed by atoms with Crippen molar-refractivity contribution >= 4 is 17.8 Å². The Hall–Kier alpha value is -2.31. The number of hydrogen-bond donors (Lipinski definition) is 2. The summed E-state index contributed by atoms with van der Waals surface area (Å²) < 4.78 is 10.1. The van der Waals surface area contributed by atoms with Crippen LogP contribution in [-0.4, -0.2) is 42.1 Å². The highest BCUT2D eigenvalue weighted by Gasteiger charge is 2.24. The van der Waals surface area contributed by atoms with Crippen molar-refractivity contribution < 1.29 is 23.9 Å². The Bertz CT molecular complexity index is 644. The number of carbonyl (C=O) groups excluding carboxylic acids is 3. The van der Waals surface area contributed by atoms with Crippen LogP contribution in [0.2, 0.25) is 0 Å². The topological polar surface area (TPSA) is 97.5 Å². The second-order valence-corrected chi connectivity index (χ2v) is 6.32. The molecular weight excluding hydrogens is 324 g/mol.